The van der Waals surface area contributed by atoms with E-state index in [1.165, 1.54) is 0 Å². The zero-order chi connectivity index (χ0) is 9.90. The van der Waals surface area contributed by atoms with Gasteiger partial charge in [-0.1, -0.05) is 0 Å². The van der Waals surface area contributed by atoms with E-state index in [4.69, 9.17) is 5.73 Å². The highest BCUT2D eigenvalue weighted by atomic mass is 16.1. The zero-order valence-electron chi connectivity index (χ0n) is 8.47. The Labute approximate surface area is 79.5 Å². The lowest BCUT2D eigenvalue weighted by Gasteiger charge is -2.42. The highest BCUT2D eigenvalue weighted by Gasteiger charge is 2.28. The lowest BCUT2D eigenvalue weighted by Crippen LogP contribution is -2.58. The molecule has 0 aromatic carbocycles. The molecule has 4 heteroatoms. The molecule has 1 fully saturated rings. The Morgan fingerprint density at radius 3 is 2.85 bits per heavy atom. The summed E-state index contributed by atoms with van der Waals surface area (Å²) in [5.41, 5.74) is 5.26. The van der Waals surface area contributed by atoms with Gasteiger partial charge >= 0.3 is 0 Å². The van der Waals surface area contributed by atoms with E-state index >= 15 is 0 Å². The van der Waals surface area contributed by atoms with Crippen molar-refractivity contribution in [3.05, 3.63) is 0 Å². The first-order chi connectivity index (χ1) is 6.02. The quantitative estimate of drug-likeness (QED) is 0.626. The average molecular weight is 185 g/mol. The van der Waals surface area contributed by atoms with Gasteiger partial charge in [-0.25, -0.2) is 0 Å². The second kappa shape index (κ2) is 4.07. The monoisotopic (exact) mass is 185 g/mol. The van der Waals surface area contributed by atoms with Crippen LogP contribution in [0, 0.1) is 0 Å². The van der Waals surface area contributed by atoms with Gasteiger partial charge in [0.1, 0.15) is 0 Å². The predicted octanol–water partition coefficient (Wildman–Crippen LogP) is -0.454. The average Bonchev–Trinajstić information content (AvgIpc) is 2.01. The van der Waals surface area contributed by atoms with Crippen molar-refractivity contribution < 1.29 is 4.79 Å². The van der Waals surface area contributed by atoms with Crippen LogP contribution in [-0.4, -0.2) is 42.5 Å². The third-order valence-corrected chi connectivity index (χ3v) is 2.60. The number of hydrogen-bond donors (Lipinski definition) is 2. The van der Waals surface area contributed by atoms with Gasteiger partial charge < -0.3 is 11.1 Å². The molecule has 4 nitrogen and oxygen atoms in total. The van der Waals surface area contributed by atoms with E-state index in [0.717, 1.165) is 26.2 Å². The maximum Gasteiger partial charge on any atom is 0.218 e. The van der Waals surface area contributed by atoms with Gasteiger partial charge in [-0.15, -0.1) is 0 Å². The molecule has 76 valence electrons. The third-order valence-electron chi connectivity index (χ3n) is 2.60. The molecule has 0 bridgehead atoms. The van der Waals surface area contributed by atoms with Crippen LogP contribution in [-0.2, 0) is 4.79 Å². The van der Waals surface area contributed by atoms with Crippen molar-refractivity contribution in [3.63, 3.8) is 0 Å². The van der Waals surface area contributed by atoms with E-state index < -0.39 is 0 Å². The molecular formula is C9H19N3O. The van der Waals surface area contributed by atoms with Gasteiger partial charge in [0.25, 0.3) is 0 Å². The van der Waals surface area contributed by atoms with Crippen molar-refractivity contribution in [1.29, 1.82) is 0 Å². The van der Waals surface area contributed by atoms with Crippen LogP contribution in [0.3, 0.4) is 0 Å². The number of nitrogens with one attached hydrogen (secondary N) is 1. The van der Waals surface area contributed by atoms with Gasteiger partial charge in [0.2, 0.25) is 5.91 Å². The van der Waals surface area contributed by atoms with E-state index in [1.807, 2.05) is 0 Å². The molecule has 0 saturated carbocycles. The normalized spacial score (nSPS) is 22.9. The Bertz CT molecular complexity index is 191. The molecule has 13 heavy (non-hydrogen) atoms. The van der Waals surface area contributed by atoms with Gasteiger partial charge in [-0.3, -0.25) is 9.69 Å². The number of hydrogen-bond acceptors (Lipinski definition) is 3. The zero-order valence-corrected chi connectivity index (χ0v) is 8.47. The van der Waals surface area contributed by atoms with E-state index in [1.54, 1.807) is 0 Å². The molecule has 0 aromatic heterocycles. The molecule has 1 amide bonds. The molecule has 0 spiro atoms. The van der Waals surface area contributed by atoms with Crippen molar-refractivity contribution in [2.45, 2.75) is 25.8 Å². The Kier molecular flexibility index (Phi) is 3.27. The summed E-state index contributed by atoms with van der Waals surface area (Å²) in [6.07, 6.45) is 0.462. The highest BCUT2D eigenvalue weighted by molar-refractivity contribution is 5.73. The third kappa shape index (κ3) is 2.97. The summed E-state index contributed by atoms with van der Waals surface area (Å²) in [6, 6.07) is 0. The smallest absolute Gasteiger partial charge is 0.218 e. The standard InChI is InChI=1S/C9H19N3O/c1-9(2)7-11-4-6-12(9)5-3-8(10)13/h11H,3-7H2,1-2H3,(H2,10,13). The molecule has 1 rings (SSSR count). The first kappa shape index (κ1) is 10.5. The second-order valence-electron chi connectivity index (χ2n) is 4.19. The van der Waals surface area contributed by atoms with E-state index in [2.05, 4.69) is 24.1 Å². The van der Waals surface area contributed by atoms with Crippen LogP contribution in [0.1, 0.15) is 20.3 Å². The molecular weight excluding hydrogens is 166 g/mol. The topological polar surface area (TPSA) is 58.4 Å². The fourth-order valence-corrected chi connectivity index (χ4v) is 1.68. The fraction of sp³-hybridized carbons (Fsp3) is 0.889. The molecule has 0 radical (unpaired) electrons. The van der Waals surface area contributed by atoms with Crippen LogP contribution >= 0.6 is 0 Å². The van der Waals surface area contributed by atoms with Crippen LogP contribution in [0.4, 0.5) is 0 Å². The van der Waals surface area contributed by atoms with Gasteiger partial charge in [0.05, 0.1) is 0 Å². The number of piperazine rings is 1. The van der Waals surface area contributed by atoms with Crippen molar-refractivity contribution in [2.75, 3.05) is 26.2 Å². The minimum atomic E-state index is -0.214. The minimum Gasteiger partial charge on any atom is -0.370 e. The van der Waals surface area contributed by atoms with Crippen molar-refractivity contribution in [1.82, 2.24) is 10.2 Å². The molecule has 0 aromatic rings. The fourth-order valence-electron chi connectivity index (χ4n) is 1.68. The molecule has 1 heterocycles. The number of carbonyl (C=O) groups is 1. The van der Waals surface area contributed by atoms with E-state index in [0.29, 0.717) is 6.42 Å². The minimum absolute atomic E-state index is 0.147. The second-order valence-corrected chi connectivity index (χ2v) is 4.19. The van der Waals surface area contributed by atoms with Crippen LogP contribution in [0.2, 0.25) is 0 Å². The summed E-state index contributed by atoms with van der Waals surface area (Å²) in [5.74, 6) is -0.214. The SMILES string of the molecule is CC1(C)CNCCN1CCC(N)=O. The Hall–Kier alpha value is -0.610. The molecule has 1 aliphatic heterocycles. The first-order valence-corrected chi connectivity index (χ1v) is 4.76. The van der Waals surface area contributed by atoms with Gasteiger partial charge in [-0.05, 0) is 13.8 Å². The van der Waals surface area contributed by atoms with Crippen LogP contribution in [0.15, 0.2) is 0 Å². The molecule has 1 aliphatic rings. The number of nitrogens with two attached hydrogens (primary N) is 1. The largest absolute Gasteiger partial charge is 0.370 e. The Morgan fingerprint density at radius 1 is 1.62 bits per heavy atom. The maximum atomic E-state index is 10.6. The Balaban J connectivity index is 2.41. The van der Waals surface area contributed by atoms with Crippen LogP contribution < -0.4 is 11.1 Å². The lowest BCUT2D eigenvalue weighted by atomic mass is 10.00. The summed E-state index contributed by atoms with van der Waals surface area (Å²) < 4.78 is 0. The maximum absolute atomic E-state index is 10.6. The summed E-state index contributed by atoms with van der Waals surface area (Å²) >= 11 is 0. The van der Waals surface area contributed by atoms with E-state index in [9.17, 15) is 4.79 Å². The molecule has 0 atom stereocenters. The first-order valence-electron chi connectivity index (χ1n) is 4.76. The number of nitrogens with zero attached hydrogens (tertiary/aromatic N) is 1. The van der Waals surface area contributed by atoms with Crippen molar-refractivity contribution >= 4 is 5.91 Å². The molecule has 1 saturated heterocycles. The predicted molar refractivity (Wildman–Crippen MR) is 52.3 cm³/mol. The highest BCUT2D eigenvalue weighted by Crippen LogP contribution is 2.15. The Morgan fingerprint density at radius 2 is 2.31 bits per heavy atom. The van der Waals surface area contributed by atoms with Crippen molar-refractivity contribution in [3.8, 4) is 0 Å². The summed E-state index contributed by atoms with van der Waals surface area (Å²) in [5, 5.41) is 3.33. The summed E-state index contributed by atoms with van der Waals surface area (Å²) in [6.45, 7) is 8.12. The van der Waals surface area contributed by atoms with Crippen LogP contribution in [0.5, 0.6) is 0 Å². The van der Waals surface area contributed by atoms with Gasteiger partial charge in [-0.2, -0.15) is 0 Å². The number of rotatable bonds is 3. The number of carbonyl (C=O) groups excluding carboxylic acids is 1. The molecule has 0 unspecified atom stereocenters. The summed E-state index contributed by atoms with van der Waals surface area (Å²) in [4.78, 5) is 12.9. The van der Waals surface area contributed by atoms with Crippen LogP contribution in [0.25, 0.3) is 0 Å². The van der Waals surface area contributed by atoms with Crippen molar-refractivity contribution in [2.24, 2.45) is 5.73 Å². The lowest BCUT2D eigenvalue weighted by molar-refractivity contribution is -0.118. The number of amides is 1. The number of primary amides is 1. The van der Waals surface area contributed by atoms with Gasteiger partial charge in [0.15, 0.2) is 0 Å². The molecule has 0 aliphatic carbocycles. The van der Waals surface area contributed by atoms with E-state index in [-0.39, 0.29) is 11.4 Å². The summed E-state index contributed by atoms with van der Waals surface area (Å²) in [7, 11) is 0. The van der Waals surface area contributed by atoms with Gasteiger partial charge in [0, 0.05) is 38.1 Å². The molecule has 3 N–H and O–H groups in total.